The molecule has 2 aliphatic rings. The maximum Gasteiger partial charge on any atom is 0.410 e. The van der Waals surface area contributed by atoms with Crippen LogP contribution in [0.5, 0.6) is 0 Å². The third-order valence-electron chi connectivity index (χ3n) is 3.28. The number of halogens is 1. The fourth-order valence-corrected chi connectivity index (χ4v) is 2.34. The average molecular weight is 258 g/mol. The number of carbonyl (C=O) groups excluding carboxylic acids is 1. The van der Waals surface area contributed by atoms with Crippen LogP contribution >= 0.6 is 0 Å². The van der Waals surface area contributed by atoms with Gasteiger partial charge in [-0.1, -0.05) is 0 Å². The molecule has 1 amide bonds. The number of nitrogens with zero attached hydrogens (tertiary/aromatic N) is 1. The van der Waals surface area contributed by atoms with Gasteiger partial charge in [-0.05, 0) is 46.6 Å². The van der Waals surface area contributed by atoms with Crippen molar-refractivity contribution in [1.29, 1.82) is 0 Å². The number of piperidine rings is 1. The first-order valence-corrected chi connectivity index (χ1v) is 6.74. The average Bonchev–Trinajstić information content (AvgIpc) is 3.03. The molecule has 1 aliphatic heterocycles. The maximum atomic E-state index is 14.0. The predicted octanol–water partition coefficient (Wildman–Crippen LogP) is 2.09. The lowest BCUT2D eigenvalue weighted by molar-refractivity contribution is -0.00118. The molecule has 0 bridgehead atoms. The van der Waals surface area contributed by atoms with Crippen LogP contribution in [0.3, 0.4) is 0 Å². The molecule has 1 unspecified atom stereocenters. The molecule has 1 saturated heterocycles. The zero-order chi connectivity index (χ0) is 13.3. The lowest BCUT2D eigenvalue weighted by Gasteiger charge is -2.37. The minimum Gasteiger partial charge on any atom is -0.444 e. The zero-order valence-corrected chi connectivity index (χ0v) is 11.4. The van der Waals surface area contributed by atoms with E-state index in [-0.39, 0.29) is 18.2 Å². The molecule has 2 atom stereocenters. The van der Waals surface area contributed by atoms with Crippen LogP contribution in [0.2, 0.25) is 0 Å². The zero-order valence-electron chi connectivity index (χ0n) is 11.4. The Morgan fingerprint density at radius 2 is 2.00 bits per heavy atom. The Bertz CT molecular complexity index is 313. The van der Waals surface area contributed by atoms with E-state index < -0.39 is 11.8 Å². The Kier molecular flexibility index (Phi) is 3.80. The van der Waals surface area contributed by atoms with Crippen LogP contribution in [0.4, 0.5) is 9.18 Å². The lowest BCUT2D eigenvalue weighted by Crippen LogP contribution is -2.54. The van der Waals surface area contributed by atoms with Gasteiger partial charge in [0.15, 0.2) is 0 Å². The van der Waals surface area contributed by atoms with Crippen molar-refractivity contribution in [1.82, 2.24) is 10.2 Å². The van der Waals surface area contributed by atoms with Crippen LogP contribution < -0.4 is 5.32 Å². The second-order valence-corrected chi connectivity index (χ2v) is 6.19. The van der Waals surface area contributed by atoms with E-state index in [1.165, 1.54) is 0 Å². The molecule has 2 fully saturated rings. The van der Waals surface area contributed by atoms with Crippen molar-refractivity contribution >= 4 is 6.09 Å². The molecule has 0 aromatic heterocycles. The summed E-state index contributed by atoms with van der Waals surface area (Å²) in [4.78, 5) is 13.9. The molecule has 0 spiro atoms. The summed E-state index contributed by atoms with van der Waals surface area (Å²) in [5, 5.41) is 3.01. The van der Waals surface area contributed by atoms with Gasteiger partial charge in [0.2, 0.25) is 0 Å². The van der Waals surface area contributed by atoms with Crippen LogP contribution in [0.25, 0.3) is 0 Å². The molecule has 2 rings (SSSR count). The molecule has 1 aliphatic carbocycles. The van der Waals surface area contributed by atoms with Gasteiger partial charge in [0.25, 0.3) is 0 Å². The van der Waals surface area contributed by atoms with E-state index in [9.17, 15) is 9.18 Å². The highest BCUT2D eigenvalue weighted by atomic mass is 19.1. The fourth-order valence-electron chi connectivity index (χ4n) is 2.34. The monoisotopic (exact) mass is 258 g/mol. The first-order valence-electron chi connectivity index (χ1n) is 6.74. The van der Waals surface area contributed by atoms with E-state index in [1.54, 1.807) is 4.90 Å². The van der Waals surface area contributed by atoms with Crippen LogP contribution in [-0.4, -0.2) is 47.9 Å². The van der Waals surface area contributed by atoms with Crippen LogP contribution in [-0.2, 0) is 4.74 Å². The van der Waals surface area contributed by atoms with Crippen LogP contribution in [0, 0.1) is 0 Å². The summed E-state index contributed by atoms with van der Waals surface area (Å²) in [5.74, 6) is 0. The summed E-state index contributed by atoms with van der Waals surface area (Å²) in [5.41, 5.74) is -0.525. The van der Waals surface area contributed by atoms with Gasteiger partial charge < -0.3 is 10.1 Å². The third kappa shape index (κ3) is 3.34. The molecular weight excluding hydrogens is 235 g/mol. The number of amides is 1. The highest BCUT2D eigenvalue weighted by Gasteiger charge is 2.43. The topological polar surface area (TPSA) is 41.6 Å². The van der Waals surface area contributed by atoms with Crippen molar-refractivity contribution in [2.75, 3.05) is 13.1 Å². The Hall–Kier alpha value is -0.840. The van der Waals surface area contributed by atoms with Crippen molar-refractivity contribution in [3.63, 3.8) is 0 Å². The Morgan fingerprint density at radius 3 is 2.50 bits per heavy atom. The van der Waals surface area contributed by atoms with Gasteiger partial charge >= 0.3 is 6.09 Å². The smallest absolute Gasteiger partial charge is 0.410 e. The van der Waals surface area contributed by atoms with E-state index in [1.807, 2.05) is 20.8 Å². The standard InChI is InChI=1S/C13H23FN2O2/c1-13(2,3)18-12(17)16(9-4-5-9)11-6-7-15-8-10(11)14/h9-11,15H,4-8H2,1-3H3/t10-,11?/m1/s1. The molecule has 1 saturated carbocycles. The van der Waals surface area contributed by atoms with E-state index >= 15 is 0 Å². The molecule has 18 heavy (non-hydrogen) atoms. The summed E-state index contributed by atoms with van der Waals surface area (Å²) in [6, 6.07) is -0.144. The van der Waals surface area contributed by atoms with Gasteiger partial charge in [-0.25, -0.2) is 9.18 Å². The predicted molar refractivity (Wildman–Crippen MR) is 67.3 cm³/mol. The molecule has 4 nitrogen and oxygen atoms in total. The Labute approximate surface area is 108 Å². The van der Waals surface area contributed by atoms with Crippen LogP contribution in [0.1, 0.15) is 40.0 Å². The second kappa shape index (κ2) is 5.03. The van der Waals surface area contributed by atoms with Crippen LogP contribution in [0.15, 0.2) is 0 Å². The number of rotatable bonds is 2. The largest absolute Gasteiger partial charge is 0.444 e. The van der Waals surface area contributed by atoms with Crippen molar-refractivity contribution in [3.05, 3.63) is 0 Å². The summed E-state index contributed by atoms with van der Waals surface area (Å²) >= 11 is 0. The fraction of sp³-hybridized carbons (Fsp3) is 0.923. The molecule has 0 radical (unpaired) electrons. The van der Waals surface area contributed by atoms with E-state index in [0.717, 1.165) is 19.4 Å². The molecule has 1 N–H and O–H groups in total. The molecular formula is C13H23FN2O2. The SMILES string of the molecule is CC(C)(C)OC(=O)N(C1CC1)C1CCNC[C@H]1F. The lowest BCUT2D eigenvalue weighted by atomic mass is 10.0. The Morgan fingerprint density at radius 1 is 1.33 bits per heavy atom. The first-order chi connectivity index (χ1) is 8.38. The van der Waals surface area contributed by atoms with Crippen molar-refractivity contribution in [2.24, 2.45) is 0 Å². The molecule has 104 valence electrons. The van der Waals surface area contributed by atoms with Gasteiger partial charge in [-0.15, -0.1) is 0 Å². The summed E-state index contributed by atoms with van der Waals surface area (Å²) in [6.45, 7) is 6.61. The number of carbonyl (C=O) groups is 1. The summed E-state index contributed by atoms with van der Waals surface area (Å²) in [6.07, 6.45) is 1.24. The van der Waals surface area contributed by atoms with Gasteiger partial charge in [0.05, 0.1) is 6.04 Å². The number of ether oxygens (including phenoxy) is 1. The Balaban J connectivity index is 2.05. The normalized spacial score (nSPS) is 28.9. The number of hydrogen-bond donors (Lipinski definition) is 1. The first kappa shape index (κ1) is 13.6. The third-order valence-corrected chi connectivity index (χ3v) is 3.28. The molecule has 0 aromatic rings. The quantitative estimate of drug-likeness (QED) is 0.824. The number of hydrogen-bond acceptors (Lipinski definition) is 3. The number of nitrogens with one attached hydrogen (secondary N) is 1. The van der Waals surface area contributed by atoms with E-state index in [0.29, 0.717) is 13.0 Å². The summed E-state index contributed by atoms with van der Waals surface area (Å²) in [7, 11) is 0. The minimum absolute atomic E-state index is 0.182. The van der Waals surface area contributed by atoms with Crippen molar-refractivity contribution in [3.8, 4) is 0 Å². The molecule has 5 heteroatoms. The van der Waals surface area contributed by atoms with E-state index in [4.69, 9.17) is 4.74 Å². The molecule has 1 heterocycles. The molecule has 0 aromatic carbocycles. The van der Waals surface area contributed by atoms with Gasteiger partial charge in [-0.3, -0.25) is 4.90 Å². The number of alkyl halides is 1. The van der Waals surface area contributed by atoms with E-state index in [2.05, 4.69) is 5.32 Å². The maximum absolute atomic E-state index is 14.0. The van der Waals surface area contributed by atoms with Crippen molar-refractivity contribution < 1.29 is 13.9 Å². The van der Waals surface area contributed by atoms with Gasteiger partial charge in [-0.2, -0.15) is 0 Å². The van der Waals surface area contributed by atoms with Crippen molar-refractivity contribution in [2.45, 2.75) is 63.9 Å². The van der Waals surface area contributed by atoms with Gasteiger partial charge in [0, 0.05) is 12.6 Å². The highest BCUT2D eigenvalue weighted by Crippen LogP contribution is 2.33. The minimum atomic E-state index is -0.994. The second-order valence-electron chi connectivity index (χ2n) is 6.19. The summed E-state index contributed by atoms with van der Waals surface area (Å²) < 4.78 is 19.4. The highest BCUT2D eigenvalue weighted by molar-refractivity contribution is 5.69. The van der Waals surface area contributed by atoms with Gasteiger partial charge in [0.1, 0.15) is 11.8 Å².